The summed E-state index contributed by atoms with van der Waals surface area (Å²) in [5.41, 5.74) is 0. The van der Waals surface area contributed by atoms with Crippen molar-refractivity contribution in [3.8, 4) is 0 Å². The molecule has 0 amide bonds. The first-order chi connectivity index (χ1) is 5.93. The number of nitrogens with one attached hydrogen (secondary N) is 1. The van der Waals surface area contributed by atoms with Crippen molar-refractivity contribution in [2.45, 2.75) is 18.9 Å². The lowest BCUT2D eigenvalue weighted by atomic mass is 10.4. The minimum absolute atomic E-state index is 0.401. The molecule has 0 aromatic heterocycles. The summed E-state index contributed by atoms with van der Waals surface area (Å²) in [6.45, 7) is 8.27. The molecular formula is C9H18NO2. The van der Waals surface area contributed by atoms with Gasteiger partial charge < -0.3 is 14.8 Å². The van der Waals surface area contributed by atoms with E-state index in [1.54, 1.807) is 0 Å². The topological polar surface area (TPSA) is 33.8 Å². The van der Waals surface area contributed by atoms with Crippen LogP contribution < -0.4 is 5.32 Å². The van der Waals surface area contributed by atoms with E-state index in [-0.39, 0.29) is 0 Å². The van der Waals surface area contributed by atoms with E-state index in [4.69, 9.17) is 9.47 Å². The van der Waals surface area contributed by atoms with E-state index in [0.717, 1.165) is 45.8 Å². The molecule has 0 aromatic carbocycles. The van der Waals surface area contributed by atoms with Crippen LogP contribution in [0.25, 0.3) is 0 Å². The second kappa shape index (κ2) is 6.40. The number of hydrogen-bond acceptors (Lipinski definition) is 3. The van der Waals surface area contributed by atoms with Crippen LogP contribution in [-0.2, 0) is 9.47 Å². The van der Waals surface area contributed by atoms with Crippen LogP contribution >= 0.6 is 0 Å². The van der Waals surface area contributed by atoms with Gasteiger partial charge in [0.15, 0.2) is 0 Å². The second-order valence-electron chi connectivity index (χ2n) is 2.99. The zero-order chi connectivity index (χ0) is 8.65. The van der Waals surface area contributed by atoms with Gasteiger partial charge in [0.05, 0.1) is 13.2 Å². The van der Waals surface area contributed by atoms with Gasteiger partial charge in [0.25, 0.3) is 0 Å². The Balaban J connectivity index is 1.65. The van der Waals surface area contributed by atoms with Crippen LogP contribution in [0.5, 0.6) is 0 Å². The summed E-state index contributed by atoms with van der Waals surface area (Å²) in [5, 5.41) is 3.27. The Morgan fingerprint density at radius 1 is 1.50 bits per heavy atom. The van der Waals surface area contributed by atoms with Crippen molar-refractivity contribution in [2.75, 3.05) is 32.9 Å². The lowest BCUT2D eigenvalue weighted by Crippen LogP contribution is -2.17. The molecule has 1 aliphatic rings. The Labute approximate surface area is 74.4 Å². The molecule has 1 saturated heterocycles. The summed E-state index contributed by atoms with van der Waals surface area (Å²) < 4.78 is 10.4. The van der Waals surface area contributed by atoms with E-state index in [1.165, 1.54) is 0 Å². The molecule has 1 fully saturated rings. The third kappa shape index (κ3) is 5.52. The van der Waals surface area contributed by atoms with Crippen molar-refractivity contribution < 1.29 is 9.47 Å². The van der Waals surface area contributed by atoms with Gasteiger partial charge in [-0.2, -0.15) is 0 Å². The Bertz CT molecular complexity index is 105. The maximum atomic E-state index is 5.36. The van der Waals surface area contributed by atoms with Crippen molar-refractivity contribution >= 4 is 0 Å². The largest absolute Gasteiger partial charge is 0.379 e. The molecule has 71 valence electrons. The minimum Gasteiger partial charge on any atom is -0.379 e. The first kappa shape index (κ1) is 9.96. The van der Waals surface area contributed by atoms with Crippen LogP contribution in [-0.4, -0.2) is 39.0 Å². The Morgan fingerprint density at radius 2 is 2.33 bits per heavy atom. The Hall–Kier alpha value is -0.120. The van der Waals surface area contributed by atoms with E-state index < -0.39 is 0 Å². The van der Waals surface area contributed by atoms with Crippen LogP contribution in [0.4, 0.5) is 0 Å². The van der Waals surface area contributed by atoms with E-state index >= 15 is 0 Å². The highest BCUT2D eigenvalue weighted by Crippen LogP contribution is 2.08. The molecular weight excluding hydrogens is 154 g/mol. The van der Waals surface area contributed by atoms with Gasteiger partial charge in [0.2, 0.25) is 0 Å². The first-order valence-corrected chi connectivity index (χ1v) is 4.63. The summed E-state index contributed by atoms with van der Waals surface area (Å²) in [4.78, 5) is 0. The molecule has 12 heavy (non-hydrogen) atoms. The monoisotopic (exact) mass is 172 g/mol. The summed E-state index contributed by atoms with van der Waals surface area (Å²) in [7, 11) is 0. The predicted octanol–water partition coefficient (Wildman–Crippen LogP) is 0.606. The molecule has 0 aromatic rings. The van der Waals surface area contributed by atoms with E-state index in [9.17, 15) is 0 Å². The number of rotatable bonds is 8. The fourth-order valence-corrected chi connectivity index (χ4v) is 0.928. The fraction of sp³-hybridized carbons (Fsp3) is 0.889. The smallest absolute Gasteiger partial charge is 0.104 e. The van der Waals surface area contributed by atoms with Gasteiger partial charge in [-0.3, -0.25) is 0 Å². The molecule has 0 bridgehead atoms. The number of hydrogen-bond donors (Lipinski definition) is 1. The maximum absolute atomic E-state index is 5.36. The van der Waals surface area contributed by atoms with Crippen LogP contribution in [0.1, 0.15) is 12.8 Å². The molecule has 1 atom stereocenters. The Morgan fingerprint density at radius 3 is 3.00 bits per heavy atom. The zero-order valence-corrected chi connectivity index (χ0v) is 7.55. The number of ether oxygens (including phenoxy) is 2. The molecule has 1 N–H and O–H groups in total. The van der Waals surface area contributed by atoms with E-state index in [0.29, 0.717) is 6.10 Å². The van der Waals surface area contributed by atoms with Gasteiger partial charge in [-0.15, -0.1) is 0 Å². The van der Waals surface area contributed by atoms with Gasteiger partial charge in [-0.25, -0.2) is 0 Å². The standard InChI is InChI=1S/C9H18NO2/c1-2-4-10-5-3-6-11-7-9-8-12-9/h9-10H,1-8H2. The van der Waals surface area contributed by atoms with Gasteiger partial charge in [0.1, 0.15) is 6.10 Å². The molecule has 3 heteroatoms. The van der Waals surface area contributed by atoms with Crippen LogP contribution in [0.15, 0.2) is 0 Å². The molecule has 1 rings (SSSR count). The van der Waals surface area contributed by atoms with Gasteiger partial charge in [-0.1, -0.05) is 6.92 Å². The van der Waals surface area contributed by atoms with Crippen molar-refractivity contribution in [1.82, 2.24) is 5.32 Å². The van der Waals surface area contributed by atoms with Crippen LogP contribution in [0.2, 0.25) is 0 Å². The van der Waals surface area contributed by atoms with Gasteiger partial charge >= 0.3 is 0 Å². The molecule has 0 spiro atoms. The first-order valence-electron chi connectivity index (χ1n) is 4.63. The molecule has 3 nitrogen and oxygen atoms in total. The molecule has 0 saturated carbocycles. The highest BCUT2D eigenvalue weighted by atomic mass is 16.6. The quantitative estimate of drug-likeness (QED) is 0.430. The lowest BCUT2D eigenvalue weighted by Gasteiger charge is -2.03. The van der Waals surface area contributed by atoms with E-state index in [1.807, 2.05) is 0 Å². The summed E-state index contributed by atoms with van der Waals surface area (Å²) >= 11 is 0. The van der Waals surface area contributed by atoms with Gasteiger partial charge in [0, 0.05) is 6.61 Å². The van der Waals surface area contributed by atoms with Crippen molar-refractivity contribution in [1.29, 1.82) is 0 Å². The average Bonchev–Trinajstić information content (AvgIpc) is 2.87. The van der Waals surface area contributed by atoms with Crippen LogP contribution in [0.3, 0.4) is 0 Å². The fourth-order valence-electron chi connectivity index (χ4n) is 0.928. The third-order valence-electron chi connectivity index (χ3n) is 1.70. The highest BCUT2D eigenvalue weighted by Gasteiger charge is 2.21. The number of epoxide rings is 1. The molecule has 0 aliphatic carbocycles. The second-order valence-corrected chi connectivity index (χ2v) is 2.99. The highest BCUT2D eigenvalue weighted by molar-refractivity contribution is 4.67. The molecule has 1 unspecified atom stereocenters. The summed E-state index contributed by atoms with van der Waals surface area (Å²) in [6, 6.07) is 0. The van der Waals surface area contributed by atoms with Crippen molar-refractivity contribution in [2.24, 2.45) is 0 Å². The van der Waals surface area contributed by atoms with E-state index in [2.05, 4.69) is 12.2 Å². The van der Waals surface area contributed by atoms with Crippen molar-refractivity contribution in [3.63, 3.8) is 0 Å². The molecule has 1 aliphatic heterocycles. The maximum Gasteiger partial charge on any atom is 0.104 e. The lowest BCUT2D eigenvalue weighted by molar-refractivity contribution is 0.114. The minimum atomic E-state index is 0.401. The van der Waals surface area contributed by atoms with Crippen LogP contribution in [0, 0.1) is 6.92 Å². The van der Waals surface area contributed by atoms with Crippen molar-refractivity contribution in [3.05, 3.63) is 6.92 Å². The summed E-state index contributed by atoms with van der Waals surface area (Å²) in [5.74, 6) is 0. The predicted molar refractivity (Wildman–Crippen MR) is 48.0 cm³/mol. The SMILES string of the molecule is [CH2]CCNCCCOCC1CO1. The third-order valence-corrected chi connectivity index (χ3v) is 1.70. The Kier molecular flexibility index (Phi) is 5.32. The normalized spacial score (nSPS) is 21.2. The molecule has 1 heterocycles. The zero-order valence-electron chi connectivity index (χ0n) is 7.55. The summed E-state index contributed by atoms with van der Waals surface area (Å²) in [6.07, 6.45) is 2.43. The van der Waals surface area contributed by atoms with Gasteiger partial charge in [-0.05, 0) is 25.9 Å². The molecule has 1 radical (unpaired) electrons. The average molecular weight is 172 g/mol.